The third-order valence-corrected chi connectivity index (χ3v) is 21.3. The Morgan fingerprint density at radius 3 is 1.49 bits per heavy atom. The van der Waals surface area contributed by atoms with Gasteiger partial charge in [0.1, 0.15) is 0 Å². The van der Waals surface area contributed by atoms with Crippen LogP contribution in [0.15, 0.2) is 0 Å². The molecule has 0 spiro atoms. The molecule has 9 fully saturated rings. The zero-order valence-electron chi connectivity index (χ0n) is 32.5. The fourth-order valence-electron chi connectivity index (χ4n) is 9.82. The highest BCUT2D eigenvalue weighted by Gasteiger charge is 2.48. The summed E-state index contributed by atoms with van der Waals surface area (Å²) in [5, 5.41) is 8.76. The van der Waals surface area contributed by atoms with Crippen LogP contribution in [0, 0.1) is 29.1 Å². The van der Waals surface area contributed by atoms with E-state index >= 15 is 0 Å². The first kappa shape index (κ1) is 38.9. The number of aliphatic hydroxyl groups is 1. The lowest BCUT2D eigenvalue weighted by Gasteiger charge is -2.38. The van der Waals surface area contributed by atoms with Crippen LogP contribution < -0.4 is 0 Å². The molecular formula is C40H70O9Si2. The van der Waals surface area contributed by atoms with Gasteiger partial charge in [0.2, 0.25) is 0 Å². The minimum Gasteiger partial charge on any atom is -0.465 e. The monoisotopic (exact) mass is 750 g/mol. The van der Waals surface area contributed by atoms with Crippen LogP contribution in [0.5, 0.6) is 0 Å². The SMILES string of the molecule is CCC1(CO)COC1.C[Si](C)(CCC1CCC2OC2C1)O[Si](C)(C)CCC1CCC2OC2C1.O=C(OCC1CCC2OC2C1)C1CCC2OC2C1. The summed E-state index contributed by atoms with van der Waals surface area (Å²) in [6.45, 7) is 14.3. The summed E-state index contributed by atoms with van der Waals surface area (Å²) >= 11 is 0. The van der Waals surface area contributed by atoms with Crippen LogP contribution in [-0.2, 0) is 37.3 Å². The number of hydrogen-bond donors (Lipinski definition) is 1. The molecule has 4 aliphatic carbocycles. The molecule has 4 saturated carbocycles. The van der Waals surface area contributed by atoms with Crippen molar-refractivity contribution in [1.29, 1.82) is 0 Å². The van der Waals surface area contributed by atoms with Crippen LogP contribution in [0.4, 0.5) is 0 Å². The Morgan fingerprint density at radius 1 is 0.647 bits per heavy atom. The number of carbonyl (C=O) groups excluding carboxylic acids is 1. The van der Waals surface area contributed by atoms with E-state index in [0.717, 1.165) is 70.0 Å². The van der Waals surface area contributed by atoms with Gasteiger partial charge in [0.05, 0.1) is 81.2 Å². The Bertz CT molecular complexity index is 1110. The zero-order valence-corrected chi connectivity index (χ0v) is 34.5. The summed E-state index contributed by atoms with van der Waals surface area (Å²) in [5.41, 5.74) is 0.139. The molecule has 5 saturated heterocycles. The zero-order chi connectivity index (χ0) is 35.8. The molecule has 0 bridgehead atoms. The predicted molar refractivity (Wildman–Crippen MR) is 200 cm³/mol. The average molecular weight is 751 g/mol. The van der Waals surface area contributed by atoms with Gasteiger partial charge < -0.3 is 37.6 Å². The highest BCUT2D eigenvalue weighted by molar-refractivity contribution is 6.84. The maximum absolute atomic E-state index is 12.0. The summed E-state index contributed by atoms with van der Waals surface area (Å²) in [5.74, 6) is 2.41. The van der Waals surface area contributed by atoms with Crippen molar-refractivity contribution >= 4 is 22.6 Å². The lowest BCUT2D eigenvalue weighted by Crippen LogP contribution is -2.44. The lowest BCUT2D eigenvalue weighted by molar-refractivity contribution is -0.151. The molecular weight excluding hydrogens is 681 g/mol. The molecule has 0 amide bonds. The molecule has 0 aromatic heterocycles. The first-order valence-corrected chi connectivity index (χ1v) is 27.3. The molecule has 51 heavy (non-hydrogen) atoms. The topological polar surface area (TPSA) is 115 Å². The van der Waals surface area contributed by atoms with Gasteiger partial charge in [-0.1, -0.05) is 19.8 Å². The Kier molecular flexibility index (Phi) is 12.5. The van der Waals surface area contributed by atoms with Crippen molar-refractivity contribution in [3.8, 4) is 0 Å². The third-order valence-electron chi connectivity index (χ3n) is 13.9. The molecule has 1 N–H and O–H groups in total. The molecule has 11 heteroatoms. The molecule has 5 aliphatic heterocycles. The first-order chi connectivity index (χ1) is 24.4. The molecule has 5 heterocycles. The van der Waals surface area contributed by atoms with E-state index in [-0.39, 0.29) is 23.9 Å². The quantitative estimate of drug-likeness (QED) is 0.117. The van der Waals surface area contributed by atoms with Crippen LogP contribution >= 0.6 is 0 Å². The first-order valence-electron chi connectivity index (χ1n) is 21.1. The second-order valence-electron chi connectivity index (χ2n) is 19.2. The van der Waals surface area contributed by atoms with Crippen molar-refractivity contribution in [1.82, 2.24) is 0 Å². The third kappa shape index (κ3) is 11.1. The minimum atomic E-state index is -1.53. The van der Waals surface area contributed by atoms with E-state index in [1.165, 1.54) is 63.5 Å². The molecule has 9 aliphatic rings. The van der Waals surface area contributed by atoms with Gasteiger partial charge in [0, 0.05) is 5.41 Å². The Morgan fingerprint density at radius 2 is 1.10 bits per heavy atom. The molecule has 292 valence electrons. The number of hydrogen-bond acceptors (Lipinski definition) is 9. The van der Waals surface area contributed by atoms with Crippen molar-refractivity contribution in [2.24, 2.45) is 29.1 Å². The van der Waals surface area contributed by atoms with E-state index < -0.39 is 16.6 Å². The van der Waals surface area contributed by atoms with Gasteiger partial charge in [-0.05, 0) is 140 Å². The van der Waals surface area contributed by atoms with Gasteiger partial charge in [0.15, 0.2) is 16.6 Å². The number of aliphatic hydroxyl groups excluding tert-OH is 1. The summed E-state index contributed by atoms with van der Waals surface area (Å²) in [6, 6.07) is 2.68. The second kappa shape index (κ2) is 16.4. The van der Waals surface area contributed by atoms with E-state index in [0.29, 0.717) is 61.4 Å². The van der Waals surface area contributed by atoms with Gasteiger partial charge >= 0.3 is 5.97 Å². The molecule has 0 aromatic rings. The smallest absolute Gasteiger partial charge is 0.309 e. The Hall–Kier alpha value is -0.376. The average Bonchev–Trinajstić information content (AvgIpc) is 3.92. The number of ether oxygens (including phenoxy) is 6. The van der Waals surface area contributed by atoms with E-state index in [1.54, 1.807) is 0 Å². The Balaban J connectivity index is 0.000000135. The van der Waals surface area contributed by atoms with Crippen molar-refractivity contribution in [3.05, 3.63) is 0 Å². The van der Waals surface area contributed by atoms with Crippen LogP contribution in [-0.4, -0.2) is 103 Å². The van der Waals surface area contributed by atoms with Crippen LogP contribution in [0.1, 0.15) is 103 Å². The fraction of sp³-hybridized carbons (Fsp3) is 0.975. The van der Waals surface area contributed by atoms with Crippen molar-refractivity contribution < 1.29 is 42.4 Å². The number of esters is 1. The van der Waals surface area contributed by atoms with E-state index in [2.05, 4.69) is 33.1 Å². The van der Waals surface area contributed by atoms with E-state index in [9.17, 15) is 4.79 Å². The molecule has 0 aromatic carbocycles. The Labute approximate surface area is 310 Å². The number of epoxide rings is 4. The number of fused-ring (bicyclic) bond motifs is 4. The van der Waals surface area contributed by atoms with E-state index in [1.807, 2.05) is 0 Å². The summed E-state index contributed by atoms with van der Waals surface area (Å²) in [6.07, 6.45) is 22.4. The molecule has 9 nitrogen and oxygen atoms in total. The van der Waals surface area contributed by atoms with Gasteiger partial charge in [0.25, 0.3) is 0 Å². The predicted octanol–water partition coefficient (Wildman–Crippen LogP) is 7.40. The van der Waals surface area contributed by atoms with Crippen molar-refractivity contribution in [2.75, 3.05) is 26.4 Å². The largest absolute Gasteiger partial charge is 0.465 e. The number of rotatable bonds is 13. The minimum absolute atomic E-state index is 0.00258. The van der Waals surface area contributed by atoms with Gasteiger partial charge in [-0.25, -0.2) is 0 Å². The highest BCUT2D eigenvalue weighted by atomic mass is 28.4. The fourth-order valence-corrected chi connectivity index (χ4v) is 18.8. The summed E-state index contributed by atoms with van der Waals surface area (Å²) in [7, 11) is -3.05. The molecule has 9 rings (SSSR count). The maximum Gasteiger partial charge on any atom is 0.309 e. The van der Waals surface area contributed by atoms with Gasteiger partial charge in [-0.2, -0.15) is 0 Å². The lowest BCUT2D eigenvalue weighted by atomic mass is 9.84. The molecule has 12 unspecified atom stereocenters. The van der Waals surface area contributed by atoms with Crippen LogP contribution in [0.25, 0.3) is 0 Å². The molecule has 12 atom stereocenters. The molecule has 0 radical (unpaired) electrons. The standard InChI is InChI=1S/C20H38O3Si2.C14H20O4.C6H12O2/c1-24(2,11-9-15-5-7-17-19(13-15)21-17)23-25(3,4)12-10-16-6-8-18-20(14-16)22-18;15-14(9-2-4-11-13(6-9)18-11)16-7-8-1-3-10-12(5-8)17-10;1-2-6(3-7)4-8-5-6/h15-20H,5-14H2,1-4H3;8-13H,1-7H2;7H,2-5H2,1H3. The van der Waals surface area contributed by atoms with E-state index in [4.69, 9.17) is 37.6 Å². The van der Waals surface area contributed by atoms with Crippen molar-refractivity contribution in [3.63, 3.8) is 0 Å². The van der Waals surface area contributed by atoms with Crippen molar-refractivity contribution in [2.45, 2.75) is 190 Å². The number of carbonyl (C=O) groups is 1. The van der Waals surface area contributed by atoms with Gasteiger partial charge in [-0.15, -0.1) is 0 Å². The second-order valence-corrected chi connectivity index (χ2v) is 28.1. The van der Waals surface area contributed by atoms with Crippen LogP contribution in [0.2, 0.25) is 38.3 Å². The maximum atomic E-state index is 12.0. The van der Waals surface area contributed by atoms with Gasteiger partial charge in [-0.3, -0.25) is 4.79 Å². The normalized spacial score (nSPS) is 40.9. The summed E-state index contributed by atoms with van der Waals surface area (Å²) < 4.78 is 39.7. The highest BCUT2D eigenvalue weighted by Crippen LogP contribution is 2.44. The van der Waals surface area contributed by atoms with Crippen LogP contribution in [0.3, 0.4) is 0 Å². The summed E-state index contributed by atoms with van der Waals surface area (Å²) in [4.78, 5) is 12.0.